The molecule has 15 heavy (non-hydrogen) atoms. The van der Waals surface area contributed by atoms with Gasteiger partial charge in [0.05, 0.1) is 6.04 Å². The molecule has 0 aliphatic rings. The molecule has 0 saturated carbocycles. The van der Waals surface area contributed by atoms with E-state index in [-0.39, 0.29) is 18.6 Å². The zero-order valence-corrected chi connectivity index (χ0v) is 9.53. The number of amides is 1. The van der Waals surface area contributed by atoms with Gasteiger partial charge < -0.3 is 20.9 Å². The predicted molar refractivity (Wildman–Crippen MR) is 58.4 cm³/mol. The summed E-state index contributed by atoms with van der Waals surface area (Å²) in [4.78, 5) is 11.5. The summed E-state index contributed by atoms with van der Waals surface area (Å²) in [6.45, 7) is 2.53. The van der Waals surface area contributed by atoms with Crippen LogP contribution in [0.25, 0.3) is 0 Å². The molecule has 2 unspecified atom stereocenters. The van der Waals surface area contributed by atoms with Gasteiger partial charge in [-0.2, -0.15) is 0 Å². The summed E-state index contributed by atoms with van der Waals surface area (Å²) in [5.74, 6) is -0.160. The maximum absolute atomic E-state index is 11.5. The molecular formula is C10H22N2O3. The van der Waals surface area contributed by atoms with E-state index in [1.165, 1.54) is 0 Å². The van der Waals surface area contributed by atoms with Crippen molar-refractivity contribution in [2.24, 2.45) is 5.73 Å². The Kier molecular flexibility index (Phi) is 8.27. The standard InChI is InChI=1S/C10H22N2O3/c1-8(5-6-13)12-10(14)9(11)4-3-7-15-2/h8-9,13H,3-7,11H2,1-2H3,(H,12,14). The number of rotatable bonds is 8. The summed E-state index contributed by atoms with van der Waals surface area (Å²) in [5, 5.41) is 11.4. The second kappa shape index (κ2) is 8.64. The molecule has 90 valence electrons. The number of carbonyl (C=O) groups excluding carboxylic acids is 1. The van der Waals surface area contributed by atoms with Crippen LogP contribution in [0.1, 0.15) is 26.2 Å². The molecule has 0 radical (unpaired) electrons. The van der Waals surface area contributed by atoms with Gasteiger partial charge in [-0.25, -0.2) is 0 Å². The molecule has 2 atom stereocenters. The number of hydrogen-bond donors (Lipinski definition) is 3. The van der Waals surface area contributed by atoms with E-state index in [1.807, 2.05) is 6.92 Å². The van der Waals surface area contributed by atoms with E-state index in [9.17, 15) is 4.79 Å². The van der Waals surface area contributed by atoms with Gasteiger partial charge in [-0.3, -0.25) is 4.79 Å². The Morgan fingerprint density at radius 3 is 2.73 bits per heavy atom. The summed E-state index contributed by atoms with van der Waals surface area (Å²) in [7, 11) is 1.62. The van der Waals surface area contributed by atoms with Crippen LogP contribution >= 0.6 is 0 Å². The fraction of sp³-hybridized carbons (Fsp3) is 0.900. The monoisotopic (exact) mass is 218 g/mol. The Morgan fingerprint density at radius 1 is 1.53 bits per heavy atom. The van der Waals surface area contributed by atoms with Gasteiger partial charge in [0.25, 0.3) is 0 Å². The highest BCUT2D eigenvalue weighted by Gasteiger charge is 2.14. The smallest absolute Gasteiger partial charge is 0.237 e. The van der Waals surface area contributed by atoms with E-state index in [0.717, 1.165) is 6.42 Å². The van der Waals surface area contributed by atoms with Gasteiger partial charge >= 0.3 is 0 Å². The molecule has 0 aliphatic carbocycles. The number of nitrogens with one attached hydrogen (secondary N) is 1. The van der Waals surface area contributed by atoms with Crippen molar-refractivity contribution >= 4 is 5.91 Å². The van der Waals surface area contributed by atoms with E-state index >= 15 is 0 Å². The summed E-state index contributed by atoms with van der Waals surface area (Å²) in [6.07, 6.45) is 1.95. The fourth-order valence-corrected chi connectivity index (χ4v) is 1.19. The minimum absolute atomic E-state index is 0.0315. The third-order valence-corrected chi connectivity index (χ3v) is 2.15. The van der Waals surface area contributed by atoms with Gasteiger partial charge in [-0.15, -0.1) is 0 Å². The molecular weight excluding hydrogens is 196 g/mol. The maximum Gasteiger partial charge on any atom is 0.237 e. The summed E-state index contributed by atoms with van der Waals surface area (Å²) >= 11 is 0. The molecule has 0 heterocycles. The lowest BCUT2D eigenvalue weighted by Crippen LogP contribution is -2.44. The first-order chi connectivity index (χ1) is 7.11. The van der Waals surface area contributed by atoms with Gasteiger partial charge in [-0.1, -0.05) is 0 Å². The minimum atomic E-state index is -0.485. The van der Waals surface area contributed by atoms with Crippen LogP contribution in [0, 0.1) is 0 Å². The summed E-state index contributed by atoms with van der Waals surface area (Å²) in [5.41, 5.74) is 5.67. The summed E-state index contributed by atoms with van der Waals surface area (Å²) < 4.78 is 4.87. The van der Waals surface area contributed by atoms with Crippen molar-refractivity contribution in [1.82, 2.24) is 5.32 Å². The molecule has 0 aromatic heterocycles. The van der Waals surface area contributed by atoms with E-state index in [0.29, 0.717) is 19.4 Å². The molecule has 0 rings (SSSR count). The van der Waals surface area contributed by atoms with Crippen molar-refractivity contribution in [3.05, 3.63) is 0 Å². The second-order valence-electron chi connectivity index (χ2n) is 3.66. The quantitative estimate of drug-likeness (QED) is 0.485. The van der Waals surface area contributed by atoms with E-state index < -0.39 is 6.04 Å². The van der Waals surface area contributed by atoms with Crippen LogP contribution in [0.15, 0.2) is 0 Å². The molecule has 1 amide bonds. The predicted octanol–water partition coefficient (Wildman–Crippen LogP) is -0.373. The van der Waals surface area contributed by atoms with Gasteiger partial charge in [0.1, 0.15) is 0 Å². The molecule has 4 N–H and O–H groups in total. The number of carbonyl (C=O) groups is 1. The molecule has 0 aromatic rings. The van der Waals surface area contributed by atoms with E-state index in [1.54, 1.807) is 7.11 Å². The molecule has 0 aromatic carbocycles. The molecule has 5 heteroatoms. The lowest BCUT2D eigenvalue weighted by atomic mass is 10.1. The molecule has 5 nitrogen and oxygen atoms in total. The van der Waals surface area contributed by atoms with Crippen LogP contribution in [0.4, 0.5) is 0 Å². The van der Waals surface area contributed by atoms with Gasteiger partial charge in [0.2, 0.25) is 5.91 Å². The number of methoxy groups -OCH3 is 1. The Morgan fingerprint density at radius 2 is 2.20 bits per heavy atom. The molecule has 0 aliphatic heterocycles. The normalized spacial score (nSPS) is 14.7. The second-order valence-corrected chi connectivity index (χ2v) is 3.66. The van der Waals surface area contributed by atoms with Gasteiger partial charge in [0.15, 0.2) is 0 Å². The molecule has 0 spiro atoms. The third-order valence-electron chi connectivity index (χ3n) is 2.15. The number of aliphatic hydroxyl groups excluding tert-OH is 1. The van der Waals surface area contributed by atoms with Crippen LogP contribution in [0.3, 0.4) is 0 Å². The molecule has 0 saturated heterocycles. The Bertz CT molecular complexity index is 176. The Balaban J connectivity index is 3.68. The van der Waals surface area contributed by atoms with Crippen LogP contribution < -0.4 is 11.1 Å². The average Bonchev–Trinajstić information content (AvgIpc) is 2.18. The van der Waals surface area contributed by atoms with Crippen LogP contribution in [0.5, 0.6) is 0 Å². The SMILES string of the molecule is COCCCC(N)C(=O)NC(C)CCO. The Hall–Kier alpha value is -0.650. The highest BCUT2D eigenvalue weighted by molar-refractivity contribution is 5.81. The molecule has 0 fully saturated rings. The number of ether oxygens (including phenoxy) is 1. The topological polar surface area (TPSA) is 84.6 Å². The highest BCUT2D eigenvalue weighted by Crippen LogP contribution is 1.97. The highest BCUT2D eigenvalue weighted by atomic mass is 16.5. The van der Waals surface area contributed by atoms with E-state index in [2.05, 4.69) is 5.32 Å². The fourth-order valence-electron chi connectivity index (χ4n) is 1.19. The maximum atomic E-state index is 11.5. The van der Waals surface area contributed by atoms with Crippen molar-refractivity contribution < 1.29 is 14.6 Å². The first kappa shape index (κ1) is 14.3. The minimum Gasteiger partial charge on any atom is -0.396 e. The van der Waals surface area contributed by atoms with Crippen molar-refractivity contribution in [3.8, 4) is 0 Å². The van der Waals surface area contributed by atoms with Crippen LogP contribution in [0.2, 0.25) is 0 Å². The molecule has 0 bridgehead atoms. The third kappa shape index (κ3) is 7.30. The number of nitrogens with two attached hydrogens (primary N) is 1. The number of hydrogen-bond acceptors (Lipinski definition) is 4. The van der Waals surface area contributed by atoms with Crippen molar-refractivity contribution in [2.45, 2.75) is 38.3 Å². The van der Waals surface area contributed by atoms with Crippen LogP contribution in [-0.4, -0.2) is 43.4 Å². The average molecular weight is 218 g/mol. The largest absolute Gasteiger partial charge is 0.396 e. The zero-order valence-electron chi connectivity index (χ0n) is 9.53. The lowest BCUT2D eigenvalue weighted by Gasteiger charge is -2.16. The zero-order chi connectivity index (χ0) is 11.7. The first-order valence-corrected chi connectivity index (χ1v) is 5.27. The first-order valence-electron chi connectivity index (χ1n) is 5.27. The van der Waals surface area contributed by atoms with Gasteiger partial charge in [0, 0.05) is 26.4 Å². The van der Waals surface area contributed by atoms with Crippen molar-refractivity contribution in [3.63, 3.8) is 0 Å². The van der Waals surface area contributed by atoms with Crippen molar-refractivity contribution in [1.29, 1.82) is 0 Å². The Labute approximate surface area is 91.0 Å². The van der Waals surface area contributed by atoms with Crippen LogP contribution in [-0.2, 0) is 9.53 Å². The summed E-state index contributed by atoms with van der Waals surface area (Å²) in [6, 6.07) is -0.516. The number of aliphatic hydroxyl groups is 1. The van der Waals surface area contributed by atoms with E-state index in [4.69, 9.17) is 15.6 Å². The van der Waals surface area contributed by atoms with Gasteiger partial charge in [-0.05, 0) is 26.2 Å². The lowest BCUT2D eigenvalue weighted by molar-refractivity contribution is -0.123. The van der Waals surface area contributed by atoms with Crippen molar-refractivity contribution in [2.75, 3.05) is 20.3 Å².